The van der Waals surface area contributed by atoms with E-state index in [1.54, 1.807) is 6.07 Å². The van der Waals surface area contributed by atoms with E-state index in [-0.39, 0.29) is 17.7 Å². The minimum Gasteiger partial charge on any atom is -0.489 e. The first-order chi connectivity index (χ1) is 11.7. The molecular formula is C19H24N2O4. The summed E-state index contributed by atoms with van der Waals surface area (Å²) in [5, 5.41) is 21.7. The molecule has 0 fully saturated rings. The van der Waals surface area contributed by atoms with Gasteiger partial charge in [0.05, 0.1) is 17.1 Å². The van der Waals surface area contributed by atoms with Crippen molar-refractivity contribution in [3.05, 3.63) is 69.8 Å². The number of rotatable bonds is 6. The van der Waals surface area contributed by atoms with Gasteiger partial charge >= 0.3 is 0 Å². The van der Waals surface area contributed by atoms with Gasteiger partial charge in [-0.05, 0) is 22.6 Å². The number of nitro groups is 1. The van der Waals surface area contributed by atoms with Gasteiger partial charge in [0.25, 0.3) is 5.69 Å². The van der Waals surface area contributed by atoms with E-state index < -0.39 is 17.1 Å². The van der Waals surface area contributed by atoms with Crippen molar-refractivity contribution in [3.8, 4) is 5.75 Å². The van der Waals surface area contributed by atoms with E-state index >= 15 is 0 Å². The average Bonchev–Trinajstić information content (AvgIpc) is 2.58. The molecule has 2 rings (SSSR count). The third-order valence-electron chi connectivity index (χ3n) is 4.05. The Balaban J connectivity index is 2.28. The van der Waals surface area contributed by atoms with Gasteiger partial charge in [0.15, 0.2) is 0 Å². The predicted molar refractivity (Wildman–Crippen MR) is 96.3 cm³/mol. The SMILES string of the molecule is CC(C)(C)C(N)C(O)c1cc(OCc2ccccc2)cc([N+](=O)[O-])c1. The second-order valence-electron chi connectivity index (χ2n) is 7.13. The fourth-order valence-electron chi connectivity index (χ4n) is 2.39. The summed E-state index contributed by atoms with van der Waals surface area (Å²) in [5.74, 6) is 0.327. The van der Waals surface area contributed by atoms with Crippen molar-refractivity contribution < 1.29 is 14.8 Å². The van der Waals surface area contributed by atoms with Crippen LogP contribution in [0.4, 0.5) is 5.69 Å². The Bertz CT molecular complexity index is 726. The summed E-state index contributed by atoms with van der Waals surface area (Å²) >= 11 is 0. The van der Waals surface area contributed by atoms with Crippen LogP contribution in [0.3, 0.4) is 0 Å². The molecule has 0 aromatic heterocycles. The molecule has 0 spiro atoms. The number of hydrogen-bond donors (Lipinski definition) is 2. The highest BCUT2D eigenvalue weighted by atomic mass is 16.6. The van der Waals surface area contributed by atoms with Crippen LogP contribution in [0.1, 0.15) is 38.0 Å². The van der Waals surface area contributed by atoms with Crippen molar-refractivity contribution in [1.29, 1.82) is 0 Å². The lowest BCUT2D eigenvalue weighted by Crippen LogP contribution is -2.40. The van der Waals surface area contributed by atoms with Crippen LogP contribution >= 0.6 is 0 Å². The van der Waals surface area contributed by atoms with E-state index in [0.29, 0.717) is 11.3 Å². The monoisotopic (exact) mass is 344 g/mol. The maximum atomic E-state index is 11.2. The Morgan fingerprint density at radius 1 is 1.20 bits per heavy atom. The number of hydrogen-bond acceptors (Lipinski definition) is 5. The van der Waals surface area contributed by atoms with Gasteiger partial charge in [-0.25, -0.2) is 0 Å². The van der Waals surface area contributed by atoms with Gasteiger partial charge in [0.2, 0.25) is 0 Å². The Morgan fingerprint density at radius 3 is 2.40 bits per heavy atom. The Hall–Kier alpha value is -2.44. The molecule has 25 heavy (non-hydrogen) atoms. The maximum absolute atomic E-state index is 11.2. The van der Waals surface area contributed by atoms with Crippen LogP contribution < -0.4 is 10.5 Å². The van der Waals surface area contributed by atoms with Crippen LogP contribution in [0, 0.1) is 15.5 Å². The lowest BCUT2D eigenvalue weighted by atomic mass is 9.82. The van der Waals surface area contributed by atoms with Crippen molar-refractivity contribution in [2.45, 2.75) is 39.5 Å². The first-order valence-corrected chi connectivity index (χ1v) is 8.08. The highest BCUT2D eigenvalue weighted by Gasteiger charge is 2.30. The lowest BCUT2D eigenvalue weighted by molar-refractivity contribution is -0.385. The molecule has 134 valence electrons. The summed E-state index contributed by atoms with van der Waals surface area (Å²) in [6.07, 6.45) is -1.03. The van der Waals surface area contributed by atoms with E-state index in [1.165, 1.54) is 12.1 Å². The molecule has 0 aliphatic rings. The number of non-ortho nitro benzene ring substituents is 1. The summed E-state index contributed by atoms with van der Waals surface area (Å²) in [6, 6.07) is 13.2. The van der Waals surface area contributed by atoms with Crippen LogP contribution in [-0.2, 0) is 6.61 Å². The molecule has 0 aliphatic carbocycles. The third kappa shape index (κ3) is 5.01. The number of aliphatic hydroxyl groups excluding tert-OH is 1. The lowest BCUT2D eigenvalue weighted by Gasteiger charge is -2.31. The molecule has 2 atom stereocenters. The third-order valence-corrected chi connectivity index (χ3v) is 4.05. The molecule has 6 heteroatoms. The minimum absolute atomic E-state index is 0.138. The van der Waals surface area contributed by atoms with E-state index in [0.717, 1.165) is 5.56 Å². The molecule has 2 unspecified atom stereocenters. The Labute approximate surface area is 147 Å². The molecule has 2 aromatic rings. The zero-order valence-electron chi connectivity index (χ0n) is 14.7. The summed E-state index contributed by atoms with van der Waals surface area (Å²) in [6.45, 7) is 6.00. The van der Waals surface area contributed by atoms with Gasteiger partial charge in [-0.15, -0.1) is 0 Å². The van der Waals surface area contributed by atoms with E-state index in [9.17, 15) is 15.2 Å². The topological polar surface area (TPSA) is 98.6 Å². The van der Waals surface area contributed by atoms with Crippen LogP contribution in [0.2, 0.25) is 0 Å². The zero-order chi connectivity index (χ0) is 18.6. The molecule has 3 N–H and O–H groups in total. The minimum atomic E-state index is -1.03. The van der Waals surface area contributed by atoms with Gasteiger partial charge < -0.3 is 15.6 Å². The van der Waals surface area contributed by atoms with Crippen molar-refractivity contribution >= 4 is 5.69 Å². The number of nitro benzene ring substituents is 1. The summed E-state index contributed by atoms with van der Waals surface area (Å²) in [7, 11) is 0. The van der Waals surface area contributed by atoms with Gasteiger partial charge in [0, 0.05) is 12.1 Å². The fourth-order valence-corrected chi connectivity index (χ4v) is 2.39. The number of benzene rings is 2. The van der Waals surface area contributed by atoms with Crippen molar-refractivity contribution in [3.63, 3.8) is 0 Å². The first kappa shape index (κ1) is 18.9. The molecular weight excluding hydrogens is 320 g/mol. The average molecular weight is 344 g/mol. The summed E-state index contributed by atoms with van der Waals surface area (Å²) < 4.78 is 5.68. The zero-order valence-corrected chi connectivity index (χ0v) is 14.7. The smallest absolute Gasteiger partial charge is 0.273 e. The molecule has 0 radical (unpaired) electrons. The Morgan fingerprint density at radius 2 is 1.84 bits per heavy atom. The molecule has 0 amide bonds. The van der Waals surface area contributed by atoms with Crippen LogP contribution in [0.15, 0.2) is 48.5 Å². The van der Waals surface area contributed by atoms with E-state index in [1.807, 2.05) is 51.1 Å². The van der Waals surface area contributed by atoms with Gasteiger partial charge in [-0.2, -0.15) is 0 Å². The van der Waals surface area contributed by atoms with E-state index in [4.69, 9.17) is 10.5 Å². The number of nitrogens with zero attached hydrogens (tertiary/aromatic N) is 1. The van der Waals surface area contributed by atoms with Gasteiger partial charge in [0.1, 0.15) is 12.4 Å². The molecule has 2 aromatic carbocycles. The van der Waals surface area contributed by atoms with Crippen LogP contribution in [-0.4, -0.2) is 16.1 Å². The molecule has 0 saturated carbocycles. The van der Waals surface area contributed by atoms with Crippen molar-refractivity contribution in [2.75, 3.05) is 0 Å². The van der Waals surface area contributed by atoms with Crippen molar-refractivity contribution in [2.24, 2.45) is 11.1 Å². The van der Waals surface area contributed by atoms with E-state index in [2.05, 4.69) is 0 Å². The van der Waals surface area contributed by atoms with Crippen LogP contribution in [0.25, 0.3) is 0 Å². The van der Waals surface area contributed by atoms with Gasteiger partial charge in [-0.1, -0.05) is 51.1 Å². The number of nitrogens with two attached hydrogens (primary N) is 1. The van der Waals surface area contributed by atoms with Crippen LogP contribution in [0.5, 0.6) is 5.75 Å². The molecule has 0 saturated heterocycles. The highest BCUT2D eigenvalue weighted by molar-refractivity contribution is 5.44. The second-order valence-corrected chi connectivity index (χ2v) is 7.13. The quantitative estimate of drug-likeness (QED) is 0.616. The fraction of sp³-hybridized carbons (Fsp3) is 0.368. The summed E-state index contributed by atoms with van der Waals surface area (Å²) in [4.78, 5) is 10.7. The second kappa shape index (κ2) is 7.63. The largest absolute Gasteiger partial charge is 0.489 e. The maximum Gasteiger partial charge on any atom is 0.273 e. The molecule has 0 aliphatic heterocycles. The number of ether oxygens (including phenoxy) is 1. The summed E-state index contributed by atoms with van der Waals surface area (Å²) in [5.41, 5.74) is 6.94. The molecule has 6 nitrogen and oxygen atoms in total. The molecule has 0 bridgehead atoms. The normalized spacial score (nSPS) is 14.0. The standard InChI is InChI=1S/C19H24N2O4/c1-19(2,3)18(20)17(22)14-9-15(21(23)24)11-16(10-14)25-12-13-7-5-4-6-8-13/h4-11,17-18,22H,12,20H2,1-3H3. The first-order valence-electron chi connectivity index (χ1n) is 8.08. The van der Waals surface area contributed by atoms with Gasteiger partial charge in [-0.3, -0.25) is 10.1 Å². The predicted octanol–water partition coefficient (Wildman–Crippen LogP) is 3.58. The van der Waals surface area contributed by atoms with Crippen molar-refractivity contribution in [1.82, 2.24) is 0 Å². The number of aliphatic hydroxyl groups is 1. The Kier molecular flexibility index (Phi) is 5.77. The highest BCUT2D eigenvalue weighted by Crippen LogP contribution is 2.33. The molecule has 0 heterocycles.